The van der Waals surface area contributed by atoms with Gasteiger partial charge in [0, 0.05) is 39.0 Å². The summed E-state index contributed by atoms with van der Waals surface area (Å²) in [5.74, 6) is -0.325. The first-order valence-electron chi connectivity index (χ1n) is 10.0. The number of sulfonamides is 1. The molecule has 0 aliphatic carbocycles. The third kappa shape index (κ3) is 4.70. The molecule has 0 saturated carbocycles. The van der Waals surface area contributed by atoms with Crippen molar-refractivity contribution in [2.24, 2.45) is 0 Å². The molecule has 168 valence electrons. The number of aromatic amines is 2. The van der Waals surface area contributed by atoms with Gasteiger partial charge in [-0.2, -0.15) is 4.31 Å². The monoisotopic (exact) mass is 458 g/mol. The number of pyridine rings is 1. The fourth-order valence-corrected chi connectivity index (χ4v) is 4.93. The minimum Gasteiger partial charge on any atom is -0.340 e. The van der Waals surface area contributed by atoms with Crippen molar-refractivity contribution in [3.05, 3.63) is 52.9 Å². The Morgan fingerprint density at radius 2 is 1.69 bits per heavy atom. The van der Waals surface area contributed by atoms with Crippen LogP contribution in [-0.2, 0) is 19.6 Å². The van der Waals surface area contributed by atoms with Crippen LogP contribution in [0.4, 0.5) is 5.82 Å². The number of H-pyrrole nitrogens is 2. The fourth-order valence-electron chi connectivity index (χ4n) is 3.49. The lowest BCUT2D eigenvalue weighted by molar-refractivity contribution is -0.133. The Labute approximate surface area is 183 Å². The molecule has 3 N–H and O–H groups in total. The maximum absolute atomic E-state index is 12.7. The second kappa shape index (κ2) is 8.93. The topological polar surface area (TPSA) is 148 Å². The summed E-state index contributed by atoms with van der Waals surface area (Å²) in [6.07, 6.45) is -0.0365. The van der Waals surface area contributed by atoms with E-state index in [4.69, 9.17) is 0 Å². The van der Waals surface area contributed by atoms with Crippen LogP contribution in [0.2, 0.25) is 0 Å². The molecule has 4 rings (SSSR count). The van der Waals surface area contributed by atoms with Gasteiger partial charge in [0.2, 0.25) is 21.8 Å². The number of nitrogens with one attached hydrogen (secondary N) is 3. The molecule has 0 unspecified atom stereocenters. The number of aromatic nitrogens is 3. The minimum absolute atomic E-state index is 0.000497. The molecular formula is C20H22N6O5S. The highest BCUT2D eigenvalue weighted by Crippen LogP contribution is 2.18. The lowest BCUT2D eigenvalue weighted by atomic mass is 10.2. The van der Waals surface area contributed by atoms with E-state index in [-0.39, 0.29) is 61.5 Å². The van der Waals surface area contributed by atoms with Crippen LogP contribution in [0.5, 0.6) is 0 Å². The Bertz CT molecular complexity index is 1290. The second-order valence-corrected chi connectivity index (χ2v) is 9.26. The van der Waals surface area contributed by atoms with Gasteiger partial charge in [-0.25, -0.2) is 18.2 Å². The molecule has 1 aliphatic rings. The predicted octanol–water partition coefficient (Wildman–Crippen LogP) is 0.503. The van der Waals surface area contributed by atoms with Gasteiger partial charge in [0.25, 0.3) is 0 Å². The number of amides is 2. The summed E-state index contributed by atoms with van der Waals surface area (Å²) >= 11 is 0. The van der Waals surface area contributed by atoms with Crippen molar-refractivity contribution in [3.8, 4) is 0 Å². The maximum atomic E-state index is 12.7. The minimum atomic E-state index is -3.59. The van der Waals surface area contributed by atoms with Crippen LogP contribution >= 0.6 is 0 Å². The maximum Gasteiger partial charge on any atom is 0.325 e. The van der Waals surface area contributed by atoms with Gasteiger partial charge in [-0.05, 0) is 24.3 Å². The van der Waals surface area contributed by atoms with Gasteiger partial charge in [0.15, 0.2) is 5.65 Å². The highest BCUT2D eigenvalue weighted by Gasteiger charge is 2.30. The standard InChI is InChI=1S/C20H22N6O5S/c27-17(22-16-7-6-15-19(23-16)24-20(29)21-15)8-9-18(28)25-10-12-26(13-11-25)32(30,31)14-4-2-1-3-5-14/h1-7H,8-13H2,(H3,21,22,23,24,27,29). The number of rotatable bonds is 6. The van der Waals surface area contributed by atoms with Crippen molar-refractivity contribution < 1.29 is 18.0 Å². The van der Waals surface area contributed by atoms with E-state index >= 15 is 0 Å². The smallest absolute Gasteiger partial charge is 0.325 e. The van der Waals surface area contributed by atoms with Crippen molar-refractivity contribution in [1.82, 2.24) is 24.2 Å². The van der Waals surface area contributed by atoms with Gasteiger partial charge < -0.3 is 15.2 Å². The van der Waals surface area contributed by atoms with Crippen LogP contribution in [-0.4, -0.2) is 70.6 Å². The number of carbonyl (C=O) groups excluding carboxylic acids is 2. The van der Waals surface area contributed by atoms with E-state index in [9.17, 15) is 22.8 Å². The molecular weight excluding hydrogens is 436 g/mol. The molecule has 0 spiro atoms. The molecule has 0 bridgehead atoms. The number of hydrogen-bond donors (Lipinski definition) is 3. The van der Waals surface area contributed by atoms with Crippen molar-refractivity contribution in [2.75, 3.05) is 31.5 Å². The van der Waals surface area contributed by atoms with Gasteiger partial charge in [-0.15, -0.1) is 0 Å². The van der Waals surface area contributed by atoms with Crippen LogP contribution in [0, 0.1) is 0 Å². The SMILES string of the molecule is O=C(CCC(=O)N1CCN(S(=O)(=O)c2ccccc2)CC1)Nc1ccc2[nH]c(=O)[nH]c2n1. The van der Waals surface area contributed by atoms with E-state index in [0.29, 0.717) is 11.2 Å². The van der Waals surface area contributed by atoms with E-state index < -0.39 is 15.7 Å². The Kier molecular flexibility index (Phi) is 6.06. The van der Waals surface area contributed by atoms with E-state index in [2.05, 4.69) is 20.3 Å². The highest BCUT2D eigenvalue weighted by atomic mass is 32.2. The molecule has 12 heteroatoms. The van der Waals surface area contributed by atoms with E-state index in [1.807, 2.05) is 0 Å². The summed E-state index contributed by atoms with van der Waals surface area (Å²) in [6.45, 7) is 0.944. The fraction of sp³-hybridized carbons (Fsp3) is 0.300. The van der Waals surface area contributed by atoms with Crippen molar-refractivity contribution in [1.29, 1.82) is 0 Å². The zero-order valence-corrected chi connectivity index (χ0v) is 17.9. The molecule has 3 aromatic rings. The Balaban J connectivity index is 1.26. The van der Waals surface area contributed by atoms with Gasteiger partial charge in [0.1, 0.15) is 5.82 Å². The summed E-state index contributed by atoms with van der Waals surface area (Å²) < 4.78 is 26.7. The lowest BCUT2D eigenvalue weighted by Gasteiger charge is -2.34. The summed E-state index contributed by atoms with van der Waals surface area (Å²) in [7, 11) is -3.59. The van der Waals surface area contributed by atoms with E-state index in [1.54, 1.807) is 47.4 Å². The third-order valence-electron chi connectivity index (χ3n) is 5.18. The number of anilines is 1. The van der Waals surface area contributed by atoms with Crippen LogP contribution < -0.4 is 11.0 Å². The molecule has 3 heterocycles. The zero-order valence-electron chi connectivity index (χ0n) is 17.1. The molecule has 1 aliphatic heterocycles. The van der Waals surface area contributed by atoms with Gasteiger partial charge in [-0.3, -0.25) is 14.6 Å². The predicted molar refractivity (Wildman–Crippen MR) is 116 cm³/mol. The number of imidazole rings is 1. The van der Waals surface area contributed by atoms with Crippen LogP contribution in [0.15, 0.2) is 52.2 Å². The molecule has 1 aromatic carbocycles. The third-order valence-corrected chi connectivity index (χ3v) is 7.09. The quantitative estimate of drug-likeness (QED) is 0.490. The van der Waals surface area contributed by atoms with Gasteiger partial charge >= 0.3 is 5.69 Å². The van der Waals surface area contributed by atoms with Crippen LogP contribution in [0.1, 0.15) is 12.8 Å². The Morgan fingerprint density at radius 1 is 0.969 bits per heavy atom. The van der Waals surface area contributed by atoms with Gasteiger partial charge in [0.05, 0.1) is 10.4 Å². The molecule has 11 nitrogen and oxygen atoms in total. The van der Waals surface area contributed by atoms with Crippen molar-refractivity contribution >= 4 is 38.8 Å². The van der Waals surface area contributed by atoms with Crippen LogP contribution in [0.25, 0.3) is 11.2 Å². The van der Waals surface area contributed by atoms with Gasteiger partial charge in [-0.1, -0.05) is 18.2 Å². The summed E-state index contributed by atoms with van der Waals surface area (Å²) in [6, 6.07) is 11.4. The summed E-state index contributed by atoms with van der Waals surface area (Å²) in [5.41, 5.74) is 0.460. The molecule has 0 radical (unpaired) electrons. The van der Waals surface area contributed by atoms with E-state index in [0.717, 1.165) is 0 Å². The van der Waals surface area contributed by atoms with Crippen molar-refractivity contribution in [2.45, 2.75) is 17.7 Å². The molecule has 1 fully saturated rings. The normalized spacial score (nSPS) is 15.1. The van der Waals surface area contributed by atoms with E-state index in [1.165, 1.54) is 4.31 Å². The number of nitrogens with zero attached hydrogens (tertiary/aromatic N) is 3. The average molecular weight is 459 g/mol. The lowest BCUT2D eigenvalue weighted by Crippen LogP contribution is -2.50. The average Bonchev–Trinajstić information content (AvgIpc) is 3.17. The molecule has 32 heavy (non-hydrogen) atoms. The Hall–Kier alpha value is -3.51. The molecule has 0 atom stereocenters. The first-order chi connectivity index (χ1) is 15.3. The summed E-state index contributed by atoms with van der Waals surface area (Å²) in [4.78, 5) is 46.9. The second-order valence-electron chi connectivity index (χ2n) is 7.32. The first kappa shape index (κ1) is 21.7. The molecule has 1 saturated heterocycles. The number of fused-ring (bicyclic) bond motifs is 1. The largest absolute Gasteiger partial charge is 0.340 e. The van der Waals surface area contributed by atoms with Crippen LogP contribution in [0.3, 0.4) is 0 Å². The molecule has 2 amide bonds. The first-order valence-corrected chi connectivity index (χ1v) is 11.5. The zero-order chi connectivity index (χ0) is 22.7. The Morgan fingerprint density at radius 3 is 2.41 bits per heavy atom. The summed E-state index contributed by atoms with van der Waals surface area (Å²) in [5, 5.41) is 2.60. The molecule has 2 aromatic heterocycles. The number of carbonyl (C=O) groups is 2. The number of piperazine rings is 1. The van der Waals surface area contributed by atoms with Crippen molar-refractivity contribution in [3.63, 3.8) is 0 Å². The number of benzene rings is 1. The number of hydrogen-bond acceptors (Lipinski definition) is 6. The highest BCUT2D eigenvalue weighted by molar-refractivity contribution is 7.89.